The first kappa shape index (κ1) is 16.4. The highest BCUT2D eigenvalue weighted by Crippen LogP contribution is 2.21. The van der Waals surface area contributed by atoms with Crippen LogP contribution in [0.2, 0.25) is 5.54 Å². The van der Waals surface area contributed by atoms with Gasteiger partial charge in [-0.25, -0.2) is 4.79 Å². The van der Waals surface area contributed by atoms with Crippen molar-refractivity contribution >= 4 is 15.7 Å². The van der Waals surface area contributed by atoms with E-state index in [1.54, 1.807) is 6.92 Å². The Balaban J connectivity index is 3.96. The first-order chi connectivity index (χ1) is 8.11. The summed E-state index contributed by atoms with van der Waals surface area (Å²) in [7, 11) is -0.436. The fraction of sp³-hybridized carbons (Fsp3) is 0.769. The SMILES string of the molecule is CCCCC(CC/C=C(\C)C(=O)O)[SiH2]OCC. The van der Waals surface area contributed by atoms with Crippen molar-refractivity contribution in [1.29, 1.82) is 0 Å². The maximum Gasteiger partial charge on any atom is 0.330 e. The molecular formula is C13H26O3Si. The van der Waals surface area contributed by atoms with Gasteiger partial charge < -0.3 is 9.53 Å². The molecule has 0 saturated carbocycles. The minimum absolute atomic E-state index is 0.436. The van der Waals surface area contributed by atoms with Gasteiger partial charge >= 0.3 is 5.97 Å². The molecule has 1 unspecified atom stereocenters. The molecule has 0 aliphatic heterocycles. The van der Waals surface area contributed by atoms with Gasteiger partial charge in [0.15, 0.2) is 9.76 Å². The van der Waals surface area contributed by atoms with Crippen LogP contribution in [0.1, 0.15) is 52.9 Å². The summed E-state index contributed by atoms with van der Waals surface area (Å²) in [5.74, 6) is -0.808. The molecule has 0 fully saturated rings. The lowest BCUT2D eigenvalue weighted by Gasteiger charge is -2.14. The summed E-state index contributed by atoms with van der Waals surface area (Å²) in [6.45, 7) is 6.72. The van der Waals surface area contributed by atoms with Gasteiger partial charge in [-0.2, -0.15) is 0 Å². The smallest absolute Gasteiger partial charge is 0.330 e. The van der Waals surface area contributed by atoms with Crippen LogP contribution in [-0.2, 0) is 9.22 Å². The van der Waals surface area contributed by atoms with Crippen LogP contribution in [-0.4, -0.2) is 27.4 Å². The Hall–Kier alpha value is -0.613. The molecule has 17 heavy (non-hydrogen) atoms. The Morgan fingerprint density at radius 2 is 2.12 bits per heavy atom. The minimum atomic E-state index is -0.808. The highest BCUT2D eigenvalue weighted by Gasteiger charge is 2.09. The van der Waals surface area contributed by atoms with E-state index in [0.29, 0.717) is 11.1 Å². The minimum Gasteiger partial charge on any atom is -0.478 e. The predicted octanol–water partition coefficient (Wildman–Crippen LogP) is 2.90. The van der Waals surface area contributed by atoms with E-state index in [2.05, 4.69) is 6.92 Å². The molecule has 0 heterocycles. The maximum atomic E-state index is 10.6. The van der Waals surface area contributed by atoms with E-state index in [-0.39, 0.29) is 0 Å². The number of aliphatic carboxylic acids is 1. The summed E-state index contributed by atoms with van der Waals surface area (Å²) in [5, 5.41) is 8.75. The molecule has 0 radical (unpaired) electrons. The maximum absolute atomic E-state index is 10.6. The molecule has 0 rings (SSSR count). The van der Waals surface area contributed by atoms with Crippen molar-refractivity contribution in [3.63, 3.8) is 0 Å². The molecule has 4 heteroatoms. The van der Waals surface area contributed by atoms with Crippen molar-refractivity contribution in [2.45, 2.75) is 58.4 Å². The van der Waals surface area contributed by atoms with Crippen LogP contribution in [0.3, 0.4) is 0 Å². The molecule has 1 atom stereocenters. The fourth-order valence-electron chi connectivity index (χ4n) is 1.71. The summed E-state index contributed by atoms with van der Waals surface area (Å²) in [6.07, 6.45) is 7.50. The molecule has 100 valence electrons. The molecule has 0 aromatic rings. The molecule has 0 amide bonds. The normalized spacial score (nSPS) is 14.4. The molecule has 0 bridgehead atoms. The fourth-order valence-corrected chi connectivity index (χ4v) is 3.14. The van der Waals surface area contributed by atoms with Crippen molar-refractivity contribution in [1.82, 2.24) is 0 Å². The zero-order chi connectivity index (χ0) is 13.1. The van der Waals surface area contributed by atoms with Crippen LogP contribution < -0.4 is 0 Å². The number of unbranched alkanes of at least 4 members (excludes halogenated alkanes) is 1. The quantitative estimate of drug-likeness (QED) is 0.484. The molecule has 0 saturated heterocycles. The molecule has 0 aromatic carbocycles. The van der Waals surface area contributed by atoms with E-state index in [4.69, 9.17) is 9.53 Å². The zero-order valence-corrected chi connectivity index (χ0v) is 12.8. The number of allylic oxidation sites excluding steroid dienone is 1. The van der Waals surface area contributed by atoms with Crippen molar-refractivity contribution in [2.75, 3.05) is 6.61 Å². The van der Waals surface area contributed by atoms with Crippen molar-refractivity contribution in [2.24, 2.45) is 0 Å². The van der Waals surface area contributed by atoms with Crippen LogP contribution in [0.4, 0.5) is 0 Å². The van der Waals surface area contributed by atoms with Crippen LogP contribution in [0.5, 0.6) is 0 Å². The Morgan fingerprint density at radius 1 is 1.41 bits per heavy atom. The van der Waals surface area contributed by atoms with Gasteiger partial charge in [0.1, 0.15) is 0 Å². The van der Waals surface area contributed by atoms with Crippen LogP contribution in [0.25, 0.3) is 0 Å². The topological polar surface area (TPSA) is 46.5 Å². The van der Waals surface area contributed by atoms with Gasteiger partial charge in [-0.3, -0.25) is 0 Å². The number of rotatable bonds is 10. The highest BCUT2D eigenvalue weighted by molar-refractivity contribution is 6.29. The lowest BCUT2D eigenvalue weighted by Crippen LogP contribution is -2.08. The van der Waals surface area contributed by atoms with Crippen LogP contribution in [0, 0.1) is 0 Å². The summed E-state index contributed by atoms with van der Waals surface area (Å²) >= 11 is 0. The van der Waals surface area contributed by atoms with Crippen molar-refractivity contribution in [3.8, 4) is 0 Å². The molecular weight excluding hydrogens is 232 g/mol. The Kier molecular flexibility index (Phi) is 10.2. The standard InChI is InChI=1S/C13H26O3Si/c1-4-6-9-12(17-16-5-2)10-7-8-11(3)13(14)15/h8,12H,4-7,9-10,17H2,1-3H3,(H,14,15)/b11-8+. The van der Waals surface area contributed by atoms with Gasteiger partial charge in [0.05, 0.1) is 0 Å². The number of hydrogen-bond acceptors (Lipinski definition) is 2. The lowest BCUT2D eigenvalue weighted by atomic mass is 10.1. The first-order valence-electron chi connectivity index (χ1n) is 6.59. The summed E-state index contributed by atoms with van der Waals surface area (Å²) < 4.78 is 5.60. The lowest BCUT2D eigenvalue weighted by molar-refractivity contribution is -0.132. The van der Waals surface area contributed by atoms with Crippen LogP contribution >= 0.6 is 0 Å². The second-order valence-corrected chi connectivity index (χ2v) is 6.33. The van der Waals surface area contributed by atoms with E-state index >= 15 is 0 Å². The van der Waals surface area contributed by atoms with Crippen molar-refractivity contribution in [3.05, 3.63) is 11.6 Å². The van der Waals surface area contributed by atoms with Gasteiger partial charge in [-0.15, -0.1) is 0 Å². The van der Waals surface area contributed by atoms with E-state index in [9.17, 15) is 4.79 Å². The molecule has 1 N–H and O–H groups in total. The highest BCUT2D eigenvalue weighted by atomic mass is 28.2. The average Bonchev–Trinajstić information content (AvgIpc) is 2.31. The number of carboxylic acids is 1. The van der Waals surface area contributed by atoms with E-state index in [0.717, 1.165) is 19.4 Å². The Morgan fingerprint density at radius 3 is 2.65 bits per heavy atom. The summed E-state index contributed by atoms with van der Waals surface area (Å²) in [6, 6.07) is 0. The molecule has 0 aliphatic rings. The van der Waals surface area contributed by atoms with Gasteiger partial charge in [0.2, 0.25) is 0 Å². The summed E-state index contributed by atoms with van der Waals surface area (Å²) in [5.41, 5.74) is 1.16. The van der Waals surface area contributed by atoms with Crippen molar-refractivity contribution < 1.29 is 14.3 Å². The van der Waals surface area contributed by atoms with Gasteiger partial charge in [0, 0.05) is 12.2 Å². The third-order valence-electron chi connectivity index (χ3n) is 2.89. The molecule has 0 spiro atoms. The third kappa shape index (κ3) is 9.12. The number of carboxylic acid groups (broad SMARTS) is 1. The largest absolute Gasteiger partial charge is 0.478 e. The second-order valence-electron chi connectivity index (χ2n) is 4.44. The molecule has 0 aliphatic carbocycles. The average molecular weight is 258 g/mol. The van der Waals surface area contributed by atoms with Crippen LogP contribution in [0.15, 0.2) is 11.6 Å². The predicted molar refractivity (Wildman–Crippen MR) is 74.1 cm³/mol. The van der Waals surface area contributed by atoms with Gasteiger partial charge in [-0.1, -0.05) is 32.3 Å². The summed E-state index contributed by atoms with van der Waals surface area (Å²) in [4.78, 5) is 10.6. The monoisotopic (exact) mass is 258 g/mol. The van der Waals surface area contributed by atoms with E-state index in [1.807, 2.05) is 13.0 Å². The number of hydrogen-bond donors (Lipinski definition) is 1. The zero-order valence-electron chi connectivity index (χ0n) is 11.4. The Bertz CT molecular complexity index is 231. The van der Waals surface area contributed by atoms with Gasteiger partial charge in [0.25, 0.3) is 0 Å². The van der Waals surface area contributed by atoms with E-state index in [1.165, 1.54) is 19.3 Å². The van der Waals surface area contributed by atoms with Gasteiger partial charge in [-0.05, 0) is 32.2 Å². The molecule has 3 nitrogen and oxygen atoms in total. The number of carbonyl (C=O) groups is 1. The molecule has 0 aromatic heterocycles. The second kappa shape index (κ2) is 10.5. The Labute approximate surface area is 107 Å². The van der Waals surface area contributed by atoms with E-state index < -0.39 is 15.7 Å². The third-order valence-corrected chi connectivity index (χ3v) is 4.82. The first-order valence-corrected chi connectivity index (χ1v) is 7.98.